The highest BCUT2D eigenvalue weighted by molar-refractivity contribution is 6.04. The minimum atomic E-state index is -0.944. The summed E-state index contributed by atoms with van der Waals surface area (Å²) < 4.78 is 0. The molecule has 0 aliphatic carbocycles. The van der Waals surface area contributed by atoms with Gasteiger partial charge in [-0.25, -0.2) is 0 Å². The molecule has 108 valence electrons. The van der Waals surface area contributed by atoms with Gasteiger partial charge in [0.05, 0.1) is 11.5 Å². The predicted molar refractivity (Wildman–Crippen MR) is 76.4 cm³/mol. The van der Waals surface area contributed by atoms with Crippen LogP contribution in [0.4, 0.5) is 5.69 Å². The summed E-state index contributed by atoms with van der Waals surface area (Å²) in [6, 6.07) is 7.40. The molecule has 0 spiro atoms. The van der Waals surface area contributed by atoms with Crippen LogP contribution in [-0.2, 0) is 9.59 Å². The summed E-state index contributed by atoms with van der Waals surface area (Å²) >= 11 is 0. The van der Waals surface area contributed by atoms with Crippen molar-refractivity contribution in [3.63, 3.8) is 0 Å². The van der Waals surface area contributed by atoms with E-state index in [1.165, 1.54) is 4.90 Å². The number of para-hydroxylation sites is 1. The maximum Gasteiger partial charge on any atom is 0.232 e. The number of nitrogens with zero attached hydrogens (tertiary/aromatic N) is 1. The minimum Gasteiger partial charge on any atom is -0.389 e. The molecule has 1 aliphatic rings. The molecule has 1 aromatic carbocycles. The fraction of sp³-hybridized carbons (Fsp3) is 0.467. The Kier molecular flexibility index (Phi) is 3.81. The van der Waals surface area contributed by atoms with E-state index >= 15 is 0 Å². The van der Waals surface area contributed by atoms with Crippen LogP contribution in [0.1, 0.15) is 31.7 Å². The third-order valence-corrected chi connectivity index (χ3v) is 3.34. The summed E-state index contributed by atoms with van der Waals surface area (Å²) in [5, 5.41) is 12.5. The molecular weight excluding hydrogens is 256 g/mol. The number of carbonyl (C=O) groups is 2. The lowest BCUT2D eigenvalue weighted by atomic mass is 9.96. The molecule has 2 N–H and O–H groups in total. The monoisotopic (exact) mass is 276 g/mol. The van der Waals surface area contributed by atoms with Crippen molar-refractivity contribution in [3.05, 3.63) is 29.8 Å². The van der Waals surface area contributed by atoms with E-state index in [0.29, 0.717) is 0 Å². The van der Waals surface area contributed by atoms with Crippen molar-refractivity contribution < 1.29 is 14.7 Å². The van der Waals surface area contributed by atoms with Crippen LogP contribution >= 0.6 is 0 Å². The number of amides is 2. The van der Waals surface area contributed by atoms with E-state index in [0.717, 1.165) is 11.3 Å². The van der Waals surface area contributed by atoms with Crippen molar-refractivity contribution in [2.45, 2.75) is 31.8 Å². The first-order chi connectivity index (χ1) is 9.28. The average Bonchev–Trinajstić information content (AvgIpc) is 2.64. The van der Waals surface area contributed by atoms with Gasteiger partial charge in [0.1, 0.15) is 0 Å². The van der Waals surface area contributed by atoms with Crippen LogP contribution in [0.3, 0.4) is 0 Å². The number of hydrogen-bond donors (Lipinski definition) is 2. The quantitative estimate of drug-likeness (QED) is 0.872. The van der Waals surface area contributed by atoms with Gasteiger partial charge in [-0.05, 0) is 25.5 Å². The number of nitrogens with one attached hydrogen (secondary N) is 1. The predicted octanol–water partition coefficient (Wildman–Crippen LogP) is 1.34. The van der Waals surface area contributed by atoms with Gasteiger partial charge < -0.3 is 15.3 Å². The molecule has 1 aromatic rings. The van der Waals surface area contributed by atoms with E-state index in [-0.39, 0.29) is 24.8 Å². The molecule has 5 nitrogen and oxygen atoms in total. The van der Waals surface area contributed by atoms with Crippen LogP contribution in [0.5, 0.6) is 0 Å². The third-order valence-electron chi connectivity index (χ3n) is 3.34. The number of fused-ring (bicyclic) bond motifs is 1. The Bertz CT molecular complexity index is 534. The highest BCUT2D eigenvalue weighted by Gasteiger charge is 2.33. The van der Waals surface area contributed by atoms with Crippen LogP contribution < -0.4 is 5.32 Å². The third kappa shape index (κ3) is 3.17. The summed E-state index contributed by atoms with van der Waals surface area (Å²) in [5.74, 6) is -0.733. The molecule has 5 heteroatoms. The first-order valence-electron chi connectivity index (χ1n) is 6.64. The van der Waals surface area contributed by atoms with Gasteiger partial charge in [0.15, 0.2) is 0 Å². The van der Waals surface area contributed by atoms with Crippen molar-refractivity contribution >= 4 is 17.5 Å². The van der Waals surface area contributed by atoms with Gasteiger partial charge in [-0.3, -0.25) is 9.59 Å². The van der Waals surface area contributed by atoms with Gasteiger partial charge in [0.25, 0.3) is 0 Å². The number of anilines is 1. The number of aliphatic hydroxyl groups is 1. The molecule has 1 atom stereocenters. The zero-order valence-corrected chi connectivity index (χ0v) is 12.0. The summed E-state index contributed by atoms with van der Waals surface area (Å²) in [4.78, 5) is 25.6. The Morgan fingerprint density at radius 3 is 2.70 bits per heavy atom. The van der Waals surface area contributed by atoms with Crippen LogP contribution in [0, 0.1) is 0 Å². The van der Waals surface area contributed by atoms with Crippen LogP contribution in [-0.4, -0.2) is 41.0 Å². The number of benzene rings is 1. The van der Waals surface area contributed by atoms with E-state index in [1.54, 1.807) is 20.9 Å². The highest BCUT2D eigenvalue weighted by atomic mass is 16.3. The van der Waals surface area contributed by atoms with Gasteiger partial charge in [-0.1, -0.05) is 18.2 Å². The molecule has 2 amide bonds. The largest absolute Gasteiger partial charge is 0.389 e. The second kappa shape index (κ2) is 5.25. The van der Waals surface area contributed by atoms with Crippen LogP contribution in [0.15, 0.2) is 24.3 Å². The molecule has 1 unspecified atom stereocenters. The molecule has 0 aromatic heterocycles. The topological polar surface area (TPSA) is 69.6 Å². The number of rotatable bonds is 4. The van der Waals surface area contributed by atoms with Gasteiger partial charge in [-0.15, -0.1) is 0 Å². The maximum absolute atomic E-state index is 12.2. The molecular formula is C15H20N2O3. The Morgan fingerprint density at radius 1 is 1.40 bits per heavy atom. The molecule has 20 heavy (non-hydrogen) atoms. The maximum atomic E-state index is 12.2. The van der Waals surface area contributed by atoms with Crippen molar-refractivity contribution in [2.75, 3.05) is 18.9 Å². The minimum absolute atomic E-state index is 0.120. The second-order valence-corrected chi connectivity index (χ2v) is 5.90. The van der Waals surface area contributed by atoms with Crippen molar-refractivity contribution in [1.29, 1.82) is 0 Å². The molecule has 1 heterocycles. The lowest BCUT2D eigenvalue weighted by molar-refractivity contribution is -0.134. The standard InChI is InChI=1S/C15H20N2O3/c1-15(2,20)9-17(3)13(18)8-11-10-6-4-5-7-12(10)16-14(11)19/h4-7,11,20H,8-9H2,1-3H3,(H,16,19). The normalized spacial score (nSPS) is 17.6. The number of carbonyl (C=O) groups excluding carboxylic acids is 2. The van der Waals surface area contributed by atoms with E-state index in [2.05, 4.69) is 5.32 Å². The summed E-state index contributed by atoms with van der Waals surface area (Å²) in [7, 11) is 1.64. The van der Waals surface area contributed by atoms with E-state index in [4.69, 9.17) is 0 Å². The summed E-state index contributed by atoms with van der Waals surface area (Å²) in [6.45, 7) is 3.53. The van der Waals surface area contributed by atoms with Crippen LogP contribution in [0.2, 0.25) is 0 Å². The SMILES string of the molecule is CN(CC(C)(C)O)C(=O)CC1C(=O)Nc2ccccc21. The van der Waals surface area contributed by atoms with E-state index in [1.807, 2.05) is 24.3 Å². The number of likely N-dealkylation sites (N-methyl/N-ethyl adjacent to an activating group) is 1. The highest BCUT2D eigenvalue weighted by Crippen LogP contribution is 2.34. The Labute approximate surface area is 118 Å². The Morgan fingerprint density at radius 2 is 2.05 bits per heavy atom. The molecule has 0 saturated heterocycles. The van der Waals surface area contributed by atoms with Gasteiger partial charge in [0, 0.05) is 25.7 Å². The smallest absolute Gasteiger partial charge is 0.232 e. The first kappa shape index (κ1) is 14.5. The van der Waals surface area contributed by atoms with Gasteiger partial charge in [0.2, 0.25) is 11.8 Å². The molecule has 1 aliphatic heterocycles. The lowest BCUT2D eigenvalue weighted by Crippen LogP contribution is -2.40. The summed E-state index contributed by atoms with van der Waals surface area (Å²) in [5.41, 5.74) is 0.697. The van der Waals surface area contributed by atoms with Crippen LogP contribution in [0.25, 0.3) is 0 Å². The van der Waals surface area contributed by atoms with Gasteiger partial charge >= 0.3 is 0 Å². The summed E-state index contributed by atoms with van der Waals surface area (Å²) in [6.07, 6.45) is 0.120. The Hall–Kier alpha value is -1.88. The second-order valence-electron chi connectivity index (χ2n) is 5.90. The van der Waals surface area contributed by atoms with Crippen molar-refractivity contribution in [2.24, 2.45) is 0 Å². The van der Waals surface area contributed by atoms with E-state index < -0.39 is 11.5 Å². The van der Waals surface area contributed by atoms with Crippen molar-refractivity contribution in [3.8, 4) is 0 Å². The first-order valence-corrected chi connectivity index (χ1v) is 6.64. The molecule has 0 fully saturated rings. The van der Waals surface area contributed by atoms with Crippen molar-refractivity contribution in [1.82, 2.24) is 4.90 Å². The molecule has 0 saturated carbocycles. The molecule has 2 rings (SSSR count). The fourth-order valence-electron chi connectivity index (χ4n) is 2.48. The Balaban J connectivity index is 2.07. The van der Waals surface area contributed by atoms with Gasteiger partial charge in [-0.2, -0.15) is 0 Å². The average molecular weight is 276 g/mol. The van der Waals surface area contributed by atoms with E-state index in [9.17, 15) is 14.7 Å². The number of hydrogen-bond acceptors (Lipinski definition) is 3. The fourth-order valence-corrected chi connectivity index (χ4v) is 2.48. The molecule has 0 bridgehead atoms. The zero-order valence-electron chi connectivity index (χ0n) is 12.0. The molecule has 0 radical (unpaired) electrons. The lowest BCUT2D eigenvalue weighted by Gasteiger charge is -2.26. The zero-order chi connectivity index (χ0) is 14.9.